The van der Waals surface area contributed by atoms with Crippen molar-refractivity contribution >= 4 is 16.7 Å². The summed E-state index contributed by atoms with van der Waals surface area (Å²) in [5.74, 6) is 0. The van der Waals surface area contributed by atoms with E-state index in [1.165, 1.54) is 16.8 Å². The van der Waals surface area contributed by atoms with Crippen molar-refractivity contribution in [3.05, 3.63) is 78.6 Å². The predicted molar refractivity (Wildman–Crippen MR) is 122 cm³/mol. The summed E-state index contributed by atoms with van der Waals surface area (Å²) < 4.78 is 2.11. The summed E-state index contributed by atoms with van der Waals surface area (Å²) in [7, 11) is 0. The number of nitrogens with zero attached hydrogens (tertiary/aromatic N) is 3. The lowest BCUT2D eigenvalue weighted by Gasteiger charge is -2.31. The molecule has 3 aromatic carbocycles. The maximum Gasteiger partial charge on any atom is 0.100 e. The molecule has 1 atom stereocenters. The van der Waals surface area contributed by atoms with Crippen LogP contribution in [0.15, 0.2) is 73.1 Å². The van der Waals surface area contributed by atoms with Crippen LogP contribution < -0.4 is 10.2 Å². The Morgan fingerprint density at radius 1 is 0.967 bits per heavy atom. The molecule has 0 aliphatic carbocycles. The molecule has 1 aliphatic heterocycles. The maximum absolute atomic E-state index is 9.86. The molecule has 0 spiro atoms. The van der Waals surface area contributed by atoms with Crippen LogP contribution in [-0.4, -0.2) is 40.8 Å². The molecule has 0 saturated carbocycles. The van der Waals surface area contributed by atoms with Crippen LogP contribution in [0.1, 0.15) is 18.6 Å². The van der Waals surface area contributed by atoms with E-state index in [9.17, 15) is 5.11 Å². The Balaban J connectivity index is 1.55. The van der Waals surface area contributed by atoms with Crippen LogP contribution in [0.5, 0.6) is 0 Å². The standard InChI is InChI=1S/C25H26N4O/c1-18(30)19-9-10-25-23(16-19)27-17-29(25)21-6-4-5-20(15-21)22-7-2-3-8-24(22)28-13-11-26-12-14-28/h2-10,15-18,26,30H,11-14H2,1H3/t18-/m1/s1. The number of nitrogens with one attached hydrogen (secondary N) is 1. The van der Waals surface area contributed by atoms with Crippen LogP contribution in [-0.2, 0) is 0 Å². The fourth-order valence-corrected chi connectivity index (χ4v) is 4.22. The molecule has 5 rings (SSSR count). The van der Waals surface area contributed by atoms with Crippen molar-refractivity contribution in [2.45, 2.75) is 13.0 Å². The van der Waals surface area contributed by atoms with Crippen LogP contribution in [0.25, 0.3) is 27.8 Å². The van der Waals surface area contributed by atoms with E-state index in [1.54, 1.807) is 6.92 Å². The van der Waals surface area contributed by atoms with Gasteiger partial charge in [0.25, 0.3) is 0 Å². The number of para-hydroxylation sites is 1. The number of aliphatic hydroxyl groups is 1. The molecule has 2 heterocycles. The van der Waals surface area contributed by atoms with E-state index < -0.39 is 6.10 Å². The maximum atomic E-state index is 9.86. The number of rotatable bonds is 4. The van der Waals surface area contributed by atoms with E-state index in [1.807, 2.05) is 24.5 Å². The highest BCUT2D eigenvalue weighted by molar-refractivity contribution is 5.82. The van der Waals surface area contributed by atoms with Gasteiger partial charge in [0.2, 0.25) is 0 Å². The average molecular weight is 399 g/mol. The number of piperazine rings is 1. The van der Waals surface area contributed by atoms with Gasteiger partial charge in [-0.05, 0) is 48.4 Å². The summed E-state index contributed by atoms with van der Waals surface area (Å²) in [6.07, 6.45) is 1.36. The number of hydrogen-bond acceptors (Lipinski definition) is 4. The highest BCUT2D eigenvalue weighted by Crippen LogP contribution is 2.32. The number of imidazole rings is 1. The number of benzene rings is 3. The summed E-state index contributed by atoms with van der Waals surface area (Å²) in [5.41, 5.74) is 7.62. The first-order chi connectivity index (χ1) is 14.7. The molecule has 2 N–H and O–H groups in total. The van der Waals surface area contributed by atoms with E-state index in [0.717, 1.165) is 48.5 Å². The molecule has 1 fully saturated rings. The molecule has 0 bridgehead atoms. The largest absolute Gasteiger partial charge is 0.389 e. The molecule has 0 unspecified atom stereocenters. The van der Waals surface area contributed by atoms with E-state index in [2.05, 4.69) is 68.3 Å². The normalized spacial score (nSPS) is 15.5. The molecular formula is C25H26N4O. The zero-order chi connectivity index (χ0) is 20.5. The third kappa shape index (κ3) is 3.47. The minimum Gasteiger partial charge on any atom is -0.389 e. The van der Waals surface area contributed by atoms with Gasteiger partial charge in [-0.2, -0.15) is 0 Å². The molecule has 5 heteroatoms. The topological polar surface area (TPSA) is 53.3 Å². The number of aromatic nitrogens is 2. The summed E-state index contributed by atoms with van der Waals surface area (Å²) in [6, 6.07) is 23.2. The predicted octanol–water partition coefficient (Wildman–Crippen LogP) is 4.16. The van der Waals surface area contributed by atoms with Gasteiger partial charge in [0.15, 0.2) is 0 Å². The zero-order valence-electron chi connectivity index (χ0n) is 17.1. The SMILES string of the molecule is C[C@@H](O)c1ccc2c(c1)ncn2-c1cccc(-c2ccccc2N2CCNCC2)c1. The van der Waals surface area contributed by atoms with Gasteiger partial charge in [-0.15, -0.1) is 0 Å². The second-order valence-corrected chi connectivity index (χ2v) is 7.84. The van der Waals surface area contributed by atoms with Crippen LogP contribution in [0, 0.1) is 0 Å². The van der Waals surface area contributed by atoms with Crippen molar-refractivity contribution in [1.29, 1.82) is 0 Å². The summed E-state index contributed by atoms with van der Waals surface area (Å²) in [5, 5.41) is 13.3. The fourth-order valence-electron chi connectivity index (χ4n) is 4.22. The van der Waals surface area contributed by atoms with Gasteiger partial charge in [0.1, 0.15) is 6.33 Å². The number of fused-ring (bicyclic) bond motifs is 1. The first-order valence-electron chi connectivity index (χ1n) is 10.5. The fraction of sp³-hybridized carbons (Fsp3) is 0.240. The number of anilines is 1. The Bertz CT molecular complexity index is 1170. The molecular weight excluding hydrogens is 372 g/mol. The van der Waals surface area contributed by atoms with Crippen molar-refractivity contribution in [1.82, 2.24) is 14.9 Å². The first kappa shape index (κ1) is 18.9. The molecule has 4 aromatic rings. The van der Waals surface area contributed by atoms with E-state index >= 15 is 0 Å². The Hall–Kier alpha value is -3.15. The minimum absolute atomic E-state index is 0.496. The van der Waals surface area contributed by atoms with Gasteiger partial charge in [-0.3, -0.25) is 4.57 Å². The molecule has 1 aromatic heterocycles. The highest BCUT2D eigenvalue weighted by Gasteiger charge is 2.15. The Kier molecular flexibility index (Phi) is 4.99. The number of hydrogen-bond donors (Lipinski definition) is 2. The smallest absolute Gasteiger partial charge is 0.100 e. The van der Waals surface area contributed by atoms with E-state index in [0.29, 0.717) is 0 Å². The lowest BCUT2D eigenvalue weighted by molar-refractivity contribution is 0.199. The molecule has 1 aliphatic rings. The second kappa shape index (κ2) is 7.94. The summed E-state index contributed by atoms with van der Waals surface area (Å²) >= 11 is 0. The average Bonchev–Trinajstić information content (AvgIpc) is 3.23. The van der Waals surface area contributed by atoms with Crippen molar-refractivity contribution in [3.8, 4) is 16.8 Å². The third-order valence-corrected chi connectivity index (χ3v) is 5.85. The van der Waals surface area contributed by atoms with Gasteiger partial charge < -0.3 is 15.3 Å². The van der Waals surface area contributed by atoms with Gasteiger partial charge in [-0.1, -0.05) is 36.4 Å². The van der Waals surface area contributed by atoms with Gasteiger partial charge in [-0.25, -0.2) is 4.98 Å². The van der Waals surface area contributed by atoms with Crippen molar-refractivity contribution in [2.24, 2.45) is 0 Å². The van der Waals surface area contributed by atoms with Gasteiger partial charge in [0.05, 0.1) is 17.1 Å². The molecule has 5 nitrogen and oxygen atoms in total. The molecule has 152 valence electrons. The van der Waals surface area contributed by atoms with Crippen molar-refractivity contribution in [2.75, 3.05) is 31.1 Å². The molecule has 1 saturated heterocycles. The van der Waals surface area contributed by atoms with Gasteiger partial charge in [0, 0.05) is 43.1 Å². The lowest BCUT2D eigenvalue weighted by Crippen LogP contribution is -2.43. The quantitative estimate of drug-likeness (QED) is 0.542. The van der Waals surface area contributed by atoms with E-state index in [4.69, 9.17) is 0 Å². The van der Waals surface area contributed by atoms with Crippen LogP contribution in [0.3, 0.4) is 0 Å². The Morgan fingerprint density at radius 2 is 1.80 bits per heavy atom. The van der Waals surface area contributed by atoms with Crippen LogP contribution >= 0.6 is 0 Å². The van der Waals surface area contributed by atoms with Gasteiger partial charge >= 0.3 is 0 Å². The first-order valence-corrected chi connectivity index (χ1v) is 10.5. The number of aliphatic hydroxyl groups excluding tert-OH is 1. The molecule has 0 radical (unpaired) electrons. The van der Waals surface area contributed by atoms with Crippen LogP contribution in [0.4, 0.5) is 5.69 Å². The summed E-state index contributed by atoms with van der Waals surface area (Å²) in [6.45, 7) is 5.86. The zero-order valence-corrected chi connectivity index (χ0v) is 17.1. The monoisotopic (exact) mass is 398 g/mol. The third-order valence-electron chi connectivity index (χ3n) is 5.85. The van der Waals surface area contributed by atoms with E-state index in [-0.39, 0.29) is 0 Å². The minimum atomic E-state index is -0.496. The molecule has 0 amide bonds. The van der Waals surface area contributed by atoms with Crippen LogP contribution in [0.2, 0.25) is 0 Å². The Morgan fingerprint density at radius 3 is 2.63 bits per heavy atom. The summed E-state index contributed by atoms with van der Waals surface area (Å²) in [4.78, 5) is 7.03. The van der Waals surface area contributed by atoms with Crippen molar-refractivity contribution < 1.29 is 5.11 Å². The lowest BCUT2D eigenvalue weighted by atomic mass is 10.0. The Labute approximate surface area is 176 Å². The molecule has 30 heavy (non-hydrogen) atoms. The van der Waals surface area contributed by atoms with Crippen molar-refractivity contribution in [3.63, 3.8) is 0 Å². The second-order valence-electron chi connectivity index (χ2n) is 7.84. The highest BCUT2D eigenvalue weighted by atomic mass is 16.3.